The number of aromatic hydroxyl groups is 1. The van der Waals surface area contributed by atoms with Crippen molar-refractivity contribution < 1.29 is 35.7 Å². The van der Waals surface area contributed by atoms with Crippen LogP contribution in [0.4, 0.5) is 0 Å². The standard InChI is InChI=1S/C18H38O.C18H36O.C12H26O.C11H24O.C7H8O.C7H8.C6H12O.C6H6O/c2*1-2-3-4-5-6-7-8-9-10-11-12-13-14-15-16-17-18-19;1-2-3-4-5-6-7-8-9-10-11-12-13;1-2-3-4-5-6-7-8-9-10-11-12;8-6-7-4-2-1-3-5-7;1-7-5-3-2-4-6-7;2*7-6-4-2-1-3-5-6/h19H,2-18H2,1H3;9-10,19H,2-8,11-18H2,1H3;13H,2-12H2,1H3;12H,2-11H2,1H3;1-5,8H,6H2;2-6H,1H3;6-7H,1-5H2;1-5,7H/b;10-9-;;;;;;. The topological polar surface area (TPSA) is 142 Å². The van der Waals surface area contributed by atoms with Crippen molar-refractivity contribution >= 4 is 0 Å². The quantitative estimate of drug-likeness (QED) is 0.0220. The summed E-state index contributed by atoms with van der Waals surface area (Å²) < 4.78 is 0. The normalized spacial score (nSPS) is 11.6. The predicted molar refractivity (Wildman–Crippen MR) is 407 cm³/mol. The molecule has 0 radical (unpaired) electrons. The zero-order valence-corrected chi connectivity index (χ0v) is 61.7. The molecule has 7 N–H and O–H groups in total. The predicted octanol–water partition coefficient (Wildman–Crippen LogP) is 25.5. The van der Waals surface area contributed by atoms with Gasteiger partial charge in [-0.1, -0.05) is 407 Å². The van der Waals surface area contributed by atoms with Gasteiger partial charge < -0.3 is 35.7 Å². The molecule has 0 saturated heterocycles. The van der Waals surface area contributed by atoms with Crippen LogP contribution in [0.3, 0.4) is 0 Å². The number of phenolic OH excluding ortho intramolecular Hbond substituents is 1. The maximum Gasteiger partial charge on any atom is 0.115 e. The Bertz CT molecular complexity index is 1580. The number of aliphatic hydroxyl groups excluding tert-OH is 6. The highest BCUT2D eigenvalue weighted by Gasteiger charge is 2.08. The third-order valence-corrected chi connectivity index (χ3v) is 16.8. The van der Waals surface area contributed by atoms with Crippen molar-refractivity contribution in [2.75, 3.05) is 26.4 Å². The van der Waals surface area contributed by atoms with Crippen LogP contribution in [-0.4, -0.2) is 68.3 Å². The number of benzene rings is 3. The molecule has 0 bridgehead atoms. The Balaban J connectivity index is -0.000000495. The molecule has 92 heavy (non-hydrogen) atoms. The minimum Gasteiger partial charge on any atom is -0.508 e. The molecule has 3 aromatic carbocycles. The van der Waals surface area contributed by atoms with Crippen LogP contribution in [0.2, 0.25) is 0 Å². The summed E-state index contributed by atoms with van der Waals surface area (Å²) in [6.45, 7) is 12.8. The van der Waals surface area contributed by atoms with E-state index in [1.807, 2.05) is 54.6 Å². The van der Waals surface area contributed by atoms with Gasteiger partial charge in [-0.15, -0.1) is 0 Å². The van der Waals surface area contributed by atoms with Gasteiger partial charge in [0, 0.05) is 26.4 Å². The second-order valence-electron chi connectivity index (χ2n) is 26.1. The maximum absolute atomic E-state index is 8.91. The van der Waals surface area contributed by atoms with Gasteiger partial charge in [0.25, 0.3) is 0 Å². The van der Waals surface area contributed by atoms with Crippen molar-refractivity contribution in [2.45, 2.75) is 394 Å². The molecular formula is C85H158O7. The van der Waals surface area contributed by atoms with Crippen LogP contribution in [0.15, 0.2) is 103 Å². The molecular weight excluding hydrogens is 1130 g/mol. The maximum atomic E-state index is 8.91. The fraction of sp³-hybridized carbons (Fsp3) is 0.765. The fourth-order valence-corrected chi connectivity index (χ4v) is 10.7. The molecule has 0 aliphatic heterocycles. The molecule has 3 aromatic rings. The summed E-state index contributed by atoms with van der Waals surface area (Å²) in [4.78, 5) is 0. The van der Waals surface area contributed by atoms with E-state index in [2.05, 4.69) is 58.9 Å². The number of phenols is 1. The number of hydrogen-bond acceptors (Lipinski definition) is 7. The lowest BCUT2D eigenvalue weighted by Crippen LogP contribution is -2.09. The Hall–Kier alpha value is -3.04. The first kappa shape index (κ1) is 95.4. The summed E-state index contributed by atoms with van der Waals surface area (Å²) >= 11 is 0. The van der Waals surface area contributed by atoms with Crippen LogP contribution in [0.1, 0.15) is 386 Å². The van der Waals surface area contributed by atoms with Gasteiger partial charge in [-0.2, -0.15) is 0 Å². The average Bonchev–Trinajstić information content (AvgIpc) is 3.71. The van der Waals surface area contributed by atoms with E-state index >= 15 is 0 Å². The third-order valence-electron chi connectivity index (χ3n) is 16.8. The summed E-state index contributed by atoms with van der Waals surface area (Å²) in [5.41, 5.74) is 2.29. The summed E-state index contributed by atoms with van der Waals surface area (Å²) in [7, 11) is 0. The van der Waals surface area contributed by atoms with Crippen molar-refractivity contribution in [2.24, 2.45) is 0 Å². The molecule has 1 saturated carbocycles. The summed E-state index contributed by atoms with van der Waals surface area (Å²) in [5, 5.41) is 60.5. The number of unbranched alkanes of at least 4 members (excludes halogenated alkanes) is 44. The Morgan fingerprint density at radius 1 is 0.293 bits per heavy atom. The molecule has 7 nitrogen and oxygen atoms in total. The highest BCUT2D eigenvalue weighted by molar-refractivity contribution is 5.18. The Labute approximate surface area is 573 Å². The highest BCUT2D eigenvalue weighted by atomic mass is 16.3. The van der Waals surface area contributed by atoms with Gasteiger partial charge in [-0.3, -0.25) is 0 Å². The first-order valence-electron chi connectivity index (χ1n) is 39.4. The number of para-hydroxylation sites is 1. The van der Waals surface area contributed by atoms with Crippen LogP contribution >= 0.6 is 0 Å². The minimum atomic E-state index is 0.0359. The molecule has 1 fully saturated rings. The number of aliphatic hydroxyl groups is 6. The van der Waals surface area contributed by atoms with Gasteiger partial charge in [0.05, 0.1) is 12.7 Å². The van der Waals surface area contributed by atoms with Crippen molar-refractivity contribution in [1.29, 1.82) is 0 Å². The fourth-order valence-electron chi connectivity index (χ4n) is 10.7. The van der Waals surface area contributed by atoms with E-state index in [1.54, 1.807) is 24.3 Å². The van der Waals surface area contributed by atoms with Crippen molar-refractivity contribution in [3.05, 3.63) is 114 Å². The van der Waals surface area contributed by atoms with Gasteiger partial charge in [0.2, 0.25) is 0 Å². The van der Waals surface area contributed by atoms with E-state index in [4.69, 9.17) is 35.7 Å². The van der Waals surface area contributed by atoms with E-state index in [0.29, 0.717) is 32.2 Å². The van der Waals surface area contributed by atoms with Gasteiger partial charge >= 0.3 is 0 Å². The SMILES string of the molecule is CCCCCCCC/C=C\CCCCCCCCO.CCCCCCCCCCCCCCCCCCO.CCCCCCCCCCCCO.CCCCCCCCCCCO.Cc1ccccc1.OC1CCCCC1.OCc1ccccc1.Oc1ccccc1. The number of aryl methyl sites for hydroxylation is 1. The lowest BCUT2D eigenvalue weighted by Gasteiger charge is -2.14. The minimum absolute atomic E-state index is 0.0359. The highest BCUT2D eigenvalue weighted by Crippen LogP contribution is 2.18. The van der Waals surface area contributed by atoms with Crippen LogP contribution in [0.25, 0.3) is 0 Å². The molecule has 0 atom stereocenters. The molecule has 540 valence electrons. The van der Waals surface area contributed by atoms with E-state index in [9.17, 15) is 0 Å². The lowest BCUT2D eigenvalue weighted by atomic mass is 9.98. The molecule has 7 heteroatoms. The zero-order chi connectivity index (χ0) is 68.0. The van der Waals surface area contributed by atoms with E-state index < -0.39 is 0 Å². The van der Waals surface area contributed by atoms with Crippen LogP contribution in [0, 0.1) is 6.92 Å². The molecule has 0 heterocycles. The van der Waals surface area contributed by atoms with E-state index in [-0.39, 0.29) is 12.7 Å². The summed E-state index contributed by atoms with van der Waals surface area (Å²) in [6.07, 6.45) is 76.4. The van der Waals surface area contributed by atoms with Gasteiger partial charge in [0.15, 0.2) is 0 Å². The average molecular weight is 1290 g/mol. The number of rotatable bonds is 51. The second-order valence-corrected chi connectivity index (χ2v) is 26.1. The monoisotopic (exact) mass is 1290 g/mol. The summed E-state index contributed by atoms with van der Waals surface area (Å²) in [5.74, 6) is 0.322. The van der Waals surface area contributed by atoms with Crippen molar-refractivity contribution in [3.63, 3.8) is 0 Å². The van der Waals surface area contributed by atoms with Crippen LogP contribution < -0.4 is 0 Å². The third kappa shape index (κ3) is 95.7. The van der Waals surface area contributed by atoms with Gasteiger partial charge in [0.1, 0.15) is 5.75 Å². The first-order valence-corrected chi connectivity index (χ1v) is 39.4. The molecule has 1 aliphatic carbocycles. The Kier molecular flexibility index (Phi) is 95.5. The van der Waals surface area contributed by atoms with Gasteiger partial charge in [-0.25, -0.2) is 0 Å². The zero-order valence-electron chi connectivity index (χ0n) is 61.7. The largest absolute Gasteiger partial charge is 0.508 e. The Morgan fingerprint density at radius 3 is 0.696 bits per heavy atom. The second kappa shape index (κ2) is 92.1. The number of hydrogen-bond donors (Lipinski definition) is 7. The van der Waals surface area contributed by atoms with E-state index in [0.717, 1.165) is 44.1 Å². The Morgan fingerprint density at radius 2 is 0.522 bits per heavy atom. The first-order chi connectivity index (χ1) is 45.3. The smallest absolute Gasteiger partial charge is 0.115 e. The molecule has 4 rings (SSSR count). The molecule has 0 unspecified atom stereocenters. The molecule has 0 spiro atoms. The summed E-state index contributed by atoms with van der Waals surface area (Å²) in [6, 6.07) is 28.5. The van der Waals surface area contributed by atoms with E-state index in [1.165, 1.54) is 314 Å². The molecule has 1 aliphatic rings. The molecule has 0 aromatic heterocycles. The lowest BCUT2D eigenvalue weighted by molar-refractivity contribution is 0.130. The van der Waals surface area contributed by atoms with Crippen LogP contribution in [0.5, 0.6) is 5.75 Å². The van der Waals surface area contributed by atoms with Gasteiger partial charge in [-0.05, 0) is 88.8 Å². The van der Waals surface area contributed by atoms with Crippen molar-refractivity contribution in [3.8, 4) is 5.75 Å². The van der Waals surface area contributed by atoms with Crippen molar-refractivity contribution in [1.82, 2.24) is 0 Å². The number of allylic oxidation sites excluding steroid dienone is 2. The molecule has 0 amide bonds. The van der Waals surface area contributed by atoms with Crippen LogP contribution in [-0.2, 0) is 6.61 Å².